The first-order chi connectivity index (χ1) is 9.11. The smallest absolute Gasteiger partial charge is 0.293 e. The third kappa shape index (κ3) is 2.81. The molecule has 0 atom stereocenters. The van der Waals surface area contributed by atoms with Crippen LogP contribution in [0.25, 0.3) is 0 Å². The monoisotopic (exact) mass is 274 g/mol. The second-order valence-corrected chi connectivity index (χ2v) is 4.75. The molecule has 0 unspecified atom stereocenters. The average Bonchev–Trinajstić information content (AvgIpc) is 2.81. The lowest BCUT2D eigenvalue weighted by Crippen LogP contribution is -2.03. The van der Waals surface area contributed by atoms with Gasteiger partial charge in [-0.3, -0.25) is 10.1 Å². The summed E-state index contributed by atoms with van der Waals surface area (Å²) in [6.07, 6.45) is 0. The third-order valence-corrected chi connectivity index (χ3v) is 3.48. The number of hydrogen-bond acceptors (Lipinski definition) is 6. The lowest BCUT2D eigenvalue weighted by Gasteiger charge is -2.06. The Bertz CT molecular complexity index is 660. The van der Waals surface area contributed by atoms with E-state index in [1.807, 2.05) is 11.4 Å². The van der Waals surface area contributed by atoms with E-state index >= 15 is 0 Å². The molecule has 2 rings (SSSR count). The normalized spacial score (nSPS) is 9.84. The van der Waals surface area contributed by atoms with Crippen LogP contribution in [-0.2, 0) is 6.54 Å². The van der Waals surface area contributed by atoms with Gasteiger partial charge < -0.3 is 11.1 Å². The summed E-state index contributed by atoms with van der Waals surface area (Å²) >= 11 is 1.48. The van der Waals surface area contributed by atoms with Crippen LogP contribution in [0.2, 0.25) is 0 Å². The molecular formula is C12H10N4O2S. The highest BCUT2D eigenvalue weighted by Gasteiger charge is 2.14. The number of hydrogen-bond donors (Lipinski definition) is 2. The molecule has 6 nitrogen and oxygen atoms in total. The van der Waals surface area contributed by atoms with E-state index in [1.54, 1.807) is 6.07 Å². The van der Waals surface area contributed by atoms with Gasteiger partial charge in [-0.2, -0.15) is 5.26 Å². The maximum Gasteiger partial charge on any atom is 0.293 e. The second-order valence-electron chi connectivity index (χ2n) is 3.75. The van der Waals surface area contributed by atoms with Crippen molar-refractivity contribution in [3.63, 3.8) is 0 Å². The van der Waals surface area contributed by atoms with Crippen LogP contribution >= 0.6 is 11.3 Å². The van der Waals surface area contributed by atoms with E-state index in [2.05, 4.69) is 5.32 Å². The van der Waals surface area contributed by atoms with Crippen molar-refractivity contribution in [3.8, 4) is 6.07 Å². The van der Waals surface area contributed by atoms with Crippen molar-refractivity contribution in [2.45, 2.75) is 6.54 Å². The first-order valence-electron chi connectivity index (χ1n) is 5.36. The fourth-order valence-corrected chi connectivity index (χ4v) is 2.31. The molecule has 1 aromatic heterocycles. The Balaban J connectivity index is 2.23. The van der Waals surface area contributed by atoms with Crippen LogP contribution in [0.3, 0.4) is 0 Å². The van der Waals surface area contributed by atoms with Crippen LogP contribution in [-0.4, -0.2) is 4.92 Å². The van der Waals surface area contributed by atoms with E-state index in [1.165, 1.54) is 29.5 Å². The molecule has 0 spiro atoms. The molecule has 19 heavy (non-hydrogen) atoms. The number of nitrogens with two attached hydrogens (primary N) is 1. The summed E-state index contributed by atoms with van der Waals surface area (Å²) in [4.78, 5) is 11.4. The Morgan fingerprint density at radius 2 is 2.26 bits per heavy atom. The number of nitrogens with one attached hydrogen (secondary N) is 1. The van der Waals surface area contributed by atoms with Crippen molar-refractivity contribution in [1.82, 2.24) is 0 Å². The van der Waals surface area contributed by atoms with Gasteiger partial charge in [0.15, 0.2) is 0 Å². The molecule has 0 saturated carbocycles. The Hall–Kier alpha value is -2.59. The third-order valence-electron chi connectivity index (χ3n) is 2.54. The molecule has 0 fully saturated rings. The number of nitriles is 1. The number of nitrogens with zero attached hydrogens (tertiary/aromatic N) is 2. The lowest BCUT2D eigenvalue weighted by atomic mass is 10.2. The van der Waals surface area contributed by atoms with Gasteiger partial charge in [-0.1, -0.05) is 0 Å². The SMILES string of the molecule is N#Cc1ccc(NCc2sccc2N)c([N+](=O)[O-])c1. The number of rotatable bonds is 4. The zero-order valence-electron chi connectivity index (χ0n) is 9.79. The van der Waals surface area contributed by atoms with Crippen LogP contribution in [0, 0.1) is 21.4 Å². The average molecular weight is 274 g/mol. The van der Waals surface area contributed by atoms with E-state index in [0.717, 1.165) is 4.88 Å². The highest BCUT2D eigenvalue weighted by Crippen LogP contribution is 2.27. The van der Waals surface area contributed by atoms with Gasteiger partial charge in [0.25, 0.3) is 5.69 Å². The molecule has 3 N–H and O–H groups in total. The fraction of sp³-hybridized carbons (Fsp3) is 0.0833. The predicted molar refractivity (Wildman–Crippen MR) is 73.9 cm³/mol. The number of nitro groups is 1. The largest absolute Gasteiger partial charge is 0.398 e. The highest BCUT2D eigenvalue weighted by molar-refractivity contribution is 7.10. The molecule has 1 aromatic carbocycles. The summed E-state index contributed by atoms with van der Waals surface area (Å²) in [5.74, 6) is 0. The Kier molecular flexibility index (Phi) is 3.63. The van der Waals surface area contributed by atoms with Gasteiger partial charge in [0.05, 0.1) is 23.1 Å². The van der Waals surface area contributed by atoms with E-state index in [9.17, 15) is 10.1 Å². The summed E-state index contributed by atoms with van der Waals surface area (Å²) in [5, 5.41) is 24.5. The zero-order valence-corrected chi connectivity index (χ0v) is 10.6. The summed E-state index contributed by atoms with van der Waals surface area (Å²) in [7, 11) is 0. The number of benzene rings is 1. The van der Waals surface area contributed by atoms with Crippen molar-refractivity contribution in [2.24, 2.45) is 0 Å². The molecule has 0 amide bonds. The van der Waals surface area contributed by atoms with Gasteiger partial charge >= 0.3 is 0 Å². The van der Waals surface area contributed by atoms with Gasteiger partial charge in [-0.25, -0.2) is 0 Å². The summed E-state index contributed by atoms with van der Waals surface area (Å²) in [5.41, 5.74) is 6.92. The Labute approximate surface area is 113 Å². The quantitative estimate of drug-likeness (QED) is 0.658. The summed E-state index contributed by atoms with van der Waals surface area (Å²) in [6.45, 7) is 0.413. The first kappa shape index (κ1) is 12.9. The topological polar surface area (TPSA) is 105 Å². The van der Waals surface area contributed by atoms with Crippen LogP contribution in [0.1, 0.15) is 10.4 Å². The molecular weight excluding hydrogens is 264 g/mol. The maximum atomic E-state index is 11.0. The Morgan fingerprint density at radius 3 is 2.84 bits per heavy atom. The van der Waals surface area contributed by atoms with Gasteiger partial charge in [-0.15, -0.1) is 11.3 Å². The van der Waals surface area contributed by atoms with Crippen molar-refractivity contribution in [1.29, 1.82) is 5.26 Å². The number of thiophene rings is 1. The lowest BCUT2D eigenvalue weighted by molar-refractivity contribution is -0.384. The molecule has 0 radical (unpaired) electrons. The molecule has 0 bridgehead atoms. The molecule has 96 valence electrons. The van der Waals surface area contributed by atoms with Crippen LogP contribution < -0.4 is 11.1 Å². The van der Waals surface area contributed by atoms with E-state index in [0.29, 0.717) is 17.9 Å². The molecule has 2 aromatic rings. The van der Waals surface area contributed by atoms with Crippen molar-refractivity contribution in [2.75, 3.05) is 11.1 Å². The molecule has 1 heterocycles. The standard InChI is InChI=1S/C12H10N4O2S/c13-6-8-1-2-10(11(5-8)16(17)18)15-7-12-9(14)3-4-19-12/h1-5,15H,7,14H2. The summed E-state index contributed by atoms with van der Waals surface area (Å²) in [6, 6.07) is 7.98. The van der Waals surface area contributed by atoms with Crippen molar-refractivity contribution < 1.29 is 4.92 Å². The van der Waals surface area contributed by atoms with E-state index in [-0.39, 0.29) is 11.3 Å². The summed E-state index contributed by atoms with van der Waals surface area (Å²) < 4.78 is 0. The minimum absolute atomic E-state index is 0.117. The second kappa shape index (κ2) is 5.37. The van der Waals surface area contributed by atoms with Gasteiger partial charge in [0.1, 0.15) is 5.69 Å². The van der Waals surface area contributed by atoms with Crippen molar-refractivity contribution in [3.05, 3.63) is 50.2 Å². The van der Waals surface area contributed by atoms with Crippen LogP contribution in [0.5, 0.6) is 0 Å². The molecule has 7 heteroatoms. The molecule has 0 saturated heterocycles. The van der Waals surface area contributed by atoms with E-state index in [4.69, 9.17) is 11.0 Å². The Morgan fingerprint density at radius 1 is 1.47 bits per heavy atom. The van der Waals surface area contributed by atoms with Gasteiger partial charge in [0, 0.05) is 16.6 Å². The number of nitrogen functional groups attached to an aromatic ring is 1. The highest BCUT2D eigenvalue weighted by atomic mass is 32.1. The van der Waals surface area contributed by atoms with E-state index < -0.39 is 4.92 Å². The van der Waals surface area contributed by atoms with Crippen LogP contribution in [0.4, 0.5) is 17.1 Å². The van der Waals surface area contributed by atoms with Crippen LogP contribution in [0.15, 0.2) is 29.6 Å². The molecule has 0 aliphatic rings. The fourth-order valence-electron chi connectivity index (χ4n) is 1.57. The maximum absolute atomic E-state index is 11.0. The number of nitro benzene ring substituents is 1. The zero-order chi connectivity index (χ0) is 13.8. The minimum Gasteiger partial charge on any atom is -0.398 e. The molecule has 0 aliphatic carbocycles. The number of anilines is 2. The van der Waals surface area contributed by atoms with Gasteiger partial charge in [0.2, 0.25) is 0 Å². The van der Waals surface area contributed by atoms with Gasteiger partial charge in [-0.05, 0) is 23.6 Å². The van der Waals surface area contributed by atoms with Crippen molar-refractivity contribution >= 4 is 28.4 Å². The molecule has 0 aliphatic heterocycles. The predicted octanol–water partition coefficient (Wildman–Crippen LogP) is 2.72. The minimum atomic E-state index is -0.513. The first-order valence-corrected chi connectivity index (χ1v) is 6.24.